The predicted octanol–water partition coefficient (Wildman–Crippen LogP) is 0.151. The Morgan fingerprint density at radius 3 is 2.29 bits per heavy atom. The monoisotopic (exact) mass is 249 g/mol. The first-order chi connectivity index (χ1) is 8.20. The standard InChI is InChI=1S/C12H27NO4/c1-3-5-11(14)8-13-9-12(15)10-17-7-6-16-4-2/h11-15H,3-10H2,1-2H3. The first kappa shape index (κ1) is 16.8. The van der Waals surface area contributed by atoms with Crippen LogP contribution in [-0.2, 0) is 9.47 Å². The van der Waals surface area contributed by atoms with E-state index in [-0.39, 0.29) is 6.10 Å². The fourth-order valence-corrected chi connectivity index (χ4v) is 1.39. The van der Waals surface area contributed by atoms with E-state index in [1.165, 1.54) is 0 Å². The van der Waals surface area contributed by atoms with Gasteiger partial charge in [0.2, 0.25) is 0 Å². The van der Waals surface area contributed by atoms with E-state index >= 15 is 0 Å². The summed E-state index contributed by atoms with van der Waals surface area (Å²) in [6.07, 6.45) is 0.886. The van der Waals surface area contributed by atoms with Crippen molar-refractivity contribution >= 4 is 0 Å². The highest BCUT2D eigenvalue weighted by molar-refractivity contribution is 4.63. The summed E-state index contributed by atoms with van der Waals surface area (Å²) in [5, 5.41) is 22.0. The Morgan fingerprint density at radius 1 is 1.00 bits per heavy atom. The molecular formula is C12H27NO4. The second-order valence-corrected chi connectivity index (χ2v) is 4.03. The van der Waals surface area contributed by atoms with Crippen molar-refractivity contribution in [2.75, 3.05) is 39.5 Å². The topological polar surface area (TPSA) is 71.0 Å². The lowest BCUT2D eigenvalue weighted by Gasteiger charge is -2.14. The second kappa shape index (κ2) is 12.3. The summed E-state index contributed by atoms with van der Waals surface area (Å²) >= 11 is 0. The number of aliphatic hydroxyl groups is 2. The van der Waals surface area contributed by atoms with Crippen LogP contribution in [0.2, 0.25) is 0 Å². The second-order valence-electron chi connectivity index (χ2n) is 4.03. The molecule has 0 aliphatic heterocycles. The Labute approximate surface area is 104 Å². The van der Waals surface area contributed by atoms with Gasteiger partial charge in [-0.15, -0.1) is 0 Å². The summed E-state index contributed by atoms with van der Waals surface area (Å²) in [7, 11) is 0. The molecule has 0 fully saturated rings. The third-order valence-electron chi connectivity index (χ3n) is 2.27. The summed E-state index contributed by atoms with van der Waals surface area (Å²) in [4.78, 5) is 0. The summed E-state index contributed by atoms with van der Waals surface area (Å²) in [5.41, 5.74) is 0. The van der Waals surface area contributed by atoms with Crippen LogP contribution in [-0.4, -0.2) is 61.9 Å². The number of nitrogens with one attached hydrogen (secondary N) is 1. The summed E-state index contributed by atoms with van der Waals surface area (Å²) in [6, 6.07) is 0. The van der Waals surface area contributed by atoms with Crippen molar-refractivity contribution in [1.82, 2.24) is 5.32 Å². The van der Waals surface area contributed by atoms with Gasteiger partial charge in [0.15, 0.2) is 0 Å². The molecule has 2 unspecified atom stereocenters. The zero-order valence-corrected chi connectivity index (χ0v) is 11.0. The van der Waals surface area contributed by atoms with Crippen LogP contribution < -0.4 is 5.32 Å². The van der Waals surface area contributed by atoms with Gasteiger partial charge in [0.1, 0.15) is 0 Å². The first-order valence-electron chi connectivity index (χ1n) is 6.43. The molecule has 3 N–H and O–H groups in total. The minimum Gasteiger partial charge on any atom is -0.392 e. The average molecular weight is 249 g/mol. The van der Waals surface area contributed by atoms with Crippen molar-refractivity contribution in [3.8, 4) is 0 Å². The van der Waals surface area contributed by atoms with Gasteiger partial charge in [-0.2, -0.15) is 0 Å². The fourth-order valence-electron chi connectivity index (χ4n) is 1.39. The zero-order chi connectivity index (χ0) is 12.9. The summed E-state index contributed by atoms with van der Waals surface area (Å²) < 4.78 is 10.3. The SMILES string of the molecule is CCCC(O)CNCC(O)COCCOCC. The van der Waals surface area contributed by atoms with E-state index in [1.807, 2.05) is 13.8 Å². The number of rotatable bonds is 12. The number of aliphatic hydroxyl groups excluding tert-OH is 2. The number of ether oxygens (including phenoxy) is 2. The normalized spacial score (nSPS) is 14.8. The number of hydrogen-bond acceptors (Lipinski definition) is 5. The lowest BCUT2D eigenvalue weighted by atomic mass is 10.2. The molecule has 0 saturated carbocycles. The maximum atomic E-state index is 9.54. The molecule has 2 atom stereocenters. The van der Waals surface area contributed by atoms with Gasteiger partial charge in [-0.3, -0.25) is 0 Å². The molecular weight excluding hydrogens is 222 g/mol. The molecule has 5 heteroatoms. The zero-order valence-electron chi connectivity index (χ0n) is 11.0. The summed E-state index contributed by atoms with van der Waals surface area (Å²) in [5.74, 6) is 0. The molecule has 0 amide bonds. The largest absolute Gasteiger partial charge is 0.392 e. The third kappa shape index (κ3) is 12.1. The predicted molar refractivity (Wildman–Crippen MR) is 67.1 cm³/mol. The maximum absolute atomic E-state index is 9.54. The first-order valence-corrected chi connectivity index (χ1v) is 6.43. The molecule has 0 spiro atoms. The van der Waals surface area contributed by atoms with Gasteiger partial charge in [-0.25, -0.2) is 0 Å². The molecule has 0 rings (SSSR count). The van der Waals surface area contributed by atoms with Crippen molar-refractivity contribution in [2.24, 2.45) is 0 Å². The number of hydrogen-bond donors (Lipinski definition) is 3. The van der Waals surface area contributed by atoms with E-state index in [1.54, 1.807) is 0 Å². The van der Waals surface area contributed by atoms with E-state index < -0.39 is 6.10 Å². The van der Waals surface area contributed by atoms with Gasteiger partial charge < -0.3 is 25.0 Å². The Hall–Kier alpha value is -0.200. The molecule has 0 aliphatic carbocycles. The van der Waals surface area contributed by atoms with Crippen LogP contribution >= 0.6 is 0 Å². The van der Waals surface area contributed by atoms with Crippen LogP contribution in [0.4, 0.5) is 0 Å². The minimum atomic E-state index is -0.537. The molecule has 0 aliphatic rings. The van der Waals surface area contributed by atoms with Crippen LogP contribution in [0.5, 0.6) is 0 Å². The molecule has 5 nitrogen and oxygen atoms in total. The molecule has 0 aromatic heterocycles. The molecule has 0 radical (unpaired) electrons. The van der Waals surface area contributed by atoms with Crippen molar-refractivity contribution in [2.45, 2.75) is 38.9 Å². The van der Waals surface area contributed by atoms with Gasteiger partial charge in [-0.05, 0) is 13.3 Å². The Bertz CT molecular complexity index is 157. The van der Waals surface area contributed by atoms with Crippen LogP contribution in [0.1, 0.15) is 26.7 Å². The van der Waals surface area contributed by atoms with Crippen molar-refractivity contribution < 1.29 is 19.7 Å². The molecule has 0 saturated heterocycles. The van der Waals surface area contributed by atoms with Crippen LogP contribution in [0.25, 0.3) is 0 Å². The molecule has 104 valence electrons. The molecule has 0 bridgehead atoms. The van der Waals surface area contributed by atoms with Crippen molar-refractivity contribution in [3.05, 3.63) is 0 Å². The van der Waals surface area contributed by atoms with E-state index in [9.17, 15) is 10.2 Å². The van der Waals surface area contributed by atoms with Gasteiger partial charge in [-0.1, -0.05) is 13.3 Å². The molecule has 0 heterocycles. The van der Waals surface area contributed by atoms with Crippen molar-refractivity contribution in [1.29, 1.82) is 0 Å². The fraction of sp³-hybridized carbons (Fsp3) is 1.00. The van der Waals surface area contributed by atoms with Gasteiger partial charge in [0.25, 0.3) is 0 Å². The quantitative estimate of drug-likeness (QED) is 0.430. The Morgan fingerprint density at radius 2 is 1.65 bits per heavy atom. The van der Waals surface area contributed by atoms with E-state index in [2.05, 4.69) is 5.32 Å². The summed E-state index contributed by atoms with van der Waals surface area (Å²) in [6.45, 7) is 6.96. The highest BCUT2D eigenvalue weighted by Gasteiger charge is 2.06. The van der Waals surface area contributed by atoms with Gasteiger partial charge in [0, 0.05) is 19.7 Å². The van der Waals surface area contributed by atoms with E-state index in [0.717, 1.165) is 12.8 Å². The third-order valence-corrected chi connectivity index (χ3v) is 2.27. The molecule has 0 aromatic rings. The minimum absolute atomic E-state index is 0.296. The van der Waals surface area contributed by atoms with Gasteiger partial charge in [0.05, 0.1) is 32.0 Å². The Kier molecular flexibility index (Phi) is 12.1. The lowest BCUT2D eigenvalue weighted by molar-refractivity contribution is 0.00566. The van der Waals surface area contributed by atoms with Gasteiger partial charge >= 0.3 is 0 Å². The van der Waals surface area contributed by atoms with E-state index in [0.29, 0.717) is 39.5 Å². The Balaban J connectivity index is 3.25. The van der Waals surface area contributed by atoms with Crippen LogP contribution in [0.15, 0.2) is 0 Å². The lowest BCUT2D eigenvalue weighted by Crippen LogP contribution is -2.35. The smallest absolute Gasteiger partial charge is 0.0897 e. The highest BCUT2D eigenvalue weighted by Crippen LogP contribution is 1.94. The van der Waals surface area contributed by atoms with E-state index in [4.69, 9.17) is 9.47 Å². The van der Waals surface area contributed by atoms with Crippen molar-refractivity contribution in [3.63, 3.8) is 0 Å². The van der Waals surface area contributed by atoms with Crippen LogP contribution in [0, 0.1) is 0 Å². The van der Waals surface area contributed by atoms with Crippen LogP contribution in [0.3, 0.4) is 0 Å². The maximum Gasteiger partial charge on any atom is 0.0897 e. The molecule has 17 heavy (non-hydrogen) atoms. The molecule has 0 aromatic carbocycles. The highest BCUT2D eigenvalue weighted by atomic mass is 16.5. The average Bonchev–Trinajstić information content (AvgIpc) is 2.29.